The molecule has 0 saturated carbocycles. The average Bonchev–Trinajstić information content (AvgIpc) is 2.78. The molecule has 136 valence electrons. The van der Waals surface area contributed by atoms with Gasteiger partial charge in [0.15, 0.2) is 0 Å². The zero-order valence-electron chi connectivity index (χ0n) is 14.7. The van der Waals surface area contributed by atoms with E-state index in [9.17, 15) is 9.90 Å². The normalized spacial score (nSPS) is 32.6. The minimum atomic E-state index is -1.21. The van der Waals surface area contributed by atoms with Crippen molar-refractivity contribution in [2.24, 2.45) is 5.92 Å². The van der Waals surface area contributed by atoms with Gasteiger partial charge in [0.25, 0.3) is 0 Å². The number of hydrogen-bond acceptors (Lipinski definition) is 5. The molecule has 2 fully saturated rings. The second-order valence-electron chi connectivity index (χ2n) is 6.51. The van der Waals surface area contributed by atoms with Crippen molar-refractivity contribution in [1.82, 2.24) is 0 Å². The Balaban J connectivity index is 1.96. The molecule has 0 bridgehead atoms. The molecule has 0 aromatic heterocycles. The fourth-order valence-corrected chi connectivity index (χ4v) is 3.03. The molecule has 2 aliphatic heterocycles. The molecule has 6 heteroatoms. The minimum Gasteiger partial charge on any atom is -0.461 e. The van der Waals surface area contributed by atoms with Crippen molar-refractivity contribution in [3.8, 4) is 23.7 Å². The smallest absolute Gasteiger partial charge is 0.306 e. The standard InChI is InChI=1S/C19H23ClO5/c1-4-5-6-7-8-15-17(20)18(22)19(25-15)10-9-14(12-23-19)24-16(21)11-13(2)3/h8,13-14,17-18,22H,9-12H2,1-3H3. The molecule has 2 rings (SSSR count). The van der Waals surface area contributed by atoms with Gasteiger partial charge < -0.3 is 19.3 Å². The molecule has 25 heavy (non-hydrogen) atoms. The Morgan fingerprint density at radius 1 is 1.52 bits per heavy atom. The summed E-state index contributed by atoms with van der Waals surface area (Å²) < 4.78 is 16.9. The highest BCUT2D eigenvalue weighted by atomic mass is 35.5. The molecule has 1 spiro atoms. The van der Waals surface area contributed by atoms with E-state index in [1.54, 1.807) is 6.92 Å². The number of rotatable bonds is 3. The van der Waals surface area contributed by atoms with Crippen LogP contribution in [0.2, 0.25) is 0 Å². The molecule has 0 radical (unpaired) electrons. The van der Waals surface area contributed by atoms with Crippen LogP contribution in [0.25, 0.3) is 0 Å². The number of allylic oxidation sites excluding steroid dienone is 1. The summed E-state index contributed by atoms with van der Waals surface area (Å²) in [7, 11) is 0. The fraction of sp³-hybridized carbons (Fsp3) is 0.632. The van der Waals surface area contributed by atoms with Crippen LogP contribution in [0.4, 0.5) is 0 Å². The third kappa shape index (κ3) is 4.92. The van der Waals surface area contributed by atoms with E-state index in [4.69, 9.17) is 25.8 Å². The molecule has 5 nitrogen and oxygen atoms in total. The number of aliphatic hydroxyl groups is 1. The number of carbonyl (C=O) groups excluding carboxylic acids is 1. The minimum absolute atomic E-state index is 0.158. The second-order valence-corrected chi connectivity index (χ2v) is 6.98. The van der Waals surface area contributed by atoms with Crippen LogP contribution in [-0.4, -0.2) is 41.1 Å². The van der Waals surface area contributed by atoms with Gasteiger partial charge in [-0.3, -0.25) is 4.79 Å². The Kier molecular flexibility index (Phi) is 6.79. The second kappa shape index (κ2) is 8.63. The average molecular weight is 367 g/mol. The molecule has 0 amide bonds. The number of carbonyl (C=O) groups is 1. The molecule has 4 atom stereocenters. The van der Waals surface area contributed by atoms with Crippen LogP contribution < -0.4 is 0 Å². The van der Waals surface area contributed by atoms with Gasteiger partial charge in [-0.2, -0.15) is 0 Å². The number of hydrogen-bond donors (Lipinski definition) is 1. The molecule has 2 heterocycles. The van der Waals surface area contributed by atoms with Gasteiger partial charge >= 0.3 is 5.97 Å². The molecular weight excluding hydrogens is 344 g/mol. The number of alkyl halides is 1. The molecular formula is C19H23ClO5. The van der Waals surface area contributed by atoms with Crippen molar-refractivity contribution in [1.29, 1.82) is 0 Å². The van der Waals surface area contributed by atoms with E-state index in [2.05, 4.69) is 23.7 Å². The molecule has 0 aromatic carbocycles. The highest BCUT2D eigenvalue weighted by Crippen LogP contribution is 2.43. The number of aliphatic hydroxyl groups excluding tert-OH is 1. The Morgan fingerprint density at radius 3 is 2.88 bits per heavy atom. The predicted octanol–water partition coefficient (Wildman–Crippen LogP) is 2.36. The van der Waals surface area contributed by atoms with Gasteiger partial charge in [0, 0.05) is 18.9 Å². The predicted molar refractivity (Wildman–Crippen MR) is 93.3 cm³/mol. The van der Waals surface area contributed by atoms with E-state index >= 15 is 0 Å². The molecule has 0 aromatic rings. The molecule has 2 aliphatic rings. The summed E-state index contributed by atoms with van der Waals surface area (Å²) in [6.45, 7) is 5.77. The number of halogens is 1. The van der Waals surface area contributed by atoms with Gasteiger partial charge in [0.05, 0.1) is 6.61 Å². The van der Waals surface area contributed by atoms with Crippen LogP contribution in [0.15, 0.2) is 11.8 Å². The third-order valence-corrected chi connectivity index (χ3v) is 4.42. The first-order valence-corrected chi connectivity index (χ1v) is 8.78. The summed E-state index contributed by atoms with van der Waals surface area (Å²) in [4.78, 5) is 11.8. The van der Waals surface area contributed by atoms with E-state index in [0.717, 1.165) is 0 Å². The van der Waals surface area contributed by atoms with E-state index in [1.165, 1.54) is 6.08 Å². The molecule has 1 N–H and O–H groups in total. The van der Waals surface area contributed by atoms with E-state index in [0.29, 0.717) is 25.0 Å². The van der Waals surface area contributed by atoms with Crippen LogP contribution in [0.5, 0.6) is 0 Å². The molecule has 2 saturated heterocycles. The fourth-order valence-electron chi connectivity index (χ4n) is 2.74. The van der Waals surface area contributed by atoms with Crippen LogP contribution in [0.3, 0.4) is 0 Å². The number of esters is 1. The van der Waals surface area contributed by atoms with Crippen molar-refractivity contribution >= 4 is 17.6 Å². The summed E-state index contributed by atoms with van der Waals surface area (Å²) in [5, 5.41) is 9.68. The lowest BCUT2D eigenvalue weighted by Gasteiger charge is -2.37. The van der Waals surface area contributed by atoms with Gasteiger partial charge in [-0.25, -0.2) is 0 Å². The Hall–Kier alpha value is -1.66. The first-order valence-electron chi connectivity index (χ1n) is 8.35. The van der Waals surface area contributed by atoms with Crippen molar-refractivity contribution in [3.63, 3.8) is 0 Å². The lowest BCUT2D eigenvalue weighted by Crippen LogP contribution is -2.50. The Labute approximate surface area is 153 Å². The highest BCUT2D eigenvalue weighted by molar-refractivity contribution is 6.23. The van der Waals surface area contributed by atoms with Gasteiger partial charge in [-0.15, -0.1) is 11.6 Å². The first-order chi connectivity index (χ1) is 11.9. The lowest BCUT2D eigenvalue weighted by molar-refractivity contribution is -0.271. The third-order valence-electron chi connectivity index (χ3n) is 3.97. The van der Waals surface area contributed by atoms with E-state index in [-0.39, 0.29) is 24.6 Å². The maximum atomic E-state index is 11.8. The largest absolute Gasteiger partial charge is 0.461 e. The lowest BCUT2D eigenvalue weighted by atomic mass is 9.98. The zero-order valence-corrected chi connectivity index (χ0v) is 15.4. The van der Waals surface area contributed by atoms with Crippen LogP contribution in [-0.2, 0) is 19.0 Å². The topological polar surface area (TPSA) is 65.0 Å². The Bertz CT molecular complexity index is 638. The number of ether oxygens (including phenoxy) is 3. The summed E-state index contributed by atoms with van der Waals surface area (Å²) >= 11 is 6.23. The zero-order chi connectivity index (χ0) is 18.4. The van der Waals surface area contributed by atoms with Crippen LogP contribution in [0.1, 0.15) is 40.0 Å². The van der Waals surface area contributed by atoms with Crippen molar-refractivity contribution in [2.75, 3.05) is 6.61 Å². The SMILES string of the molecule is CC#CC#CC=C1OC2(CCC(OC(=O)CC(C)C)CO2)C(O)C1Cl. The van der Waals surface area contributed by atoms with Crippen molar-refractivity contribution in [3.05, 3.63) is 11.8 Å². The van der Waals surface area contributed by atoms with Crippen molar-refractivity contribution < 1.29 is 24.1 Å². The van der Waals surface area contributed by atoms with Gasteiger partial charge in [0.1, 0.15) is 23.3 Å². The van der Waals surface area contributed by atoms with E-state index in [1.807, 2.05) is 13.8 Å². The maximum Gasteiger partial charge on any atom is 0.306 e. The Morgan fingerprint density at radius 2 is 2.28 bits per heavy atom. The van der Waals surface area contributed by atoms with Gasteiger partial charge in [0.2, 0.25) is 5.79 Å². The summed E-state index contributed by atoms with van der Waals surface area (Å²) in [5.41, 5.74) is 0. The van der Waals surface area contributed by atoms with E-state index < -0.39 is 17.3 Å². The maximum absolute atomic E-state index is 11.8. The van der Waals surface area contributed by atoms with Gasteiger partial charge in [-0.05, 0) is 31.1 Å². The molecule has 0 aliphatic carbocycles. The van der Waals surface area contributed by atoms with Crippen molar-refractivity contribution in [2.45, 2.75) is 63.4 Å². The van der Waals surface area contributed by atoms with Gasteiger partial charge in [-0.1, -0.05) is 25.7 Å². The first kappa shape index (κ1) is 19.7. The summed E-state index contributed by atoms with van der Waals surface area (Å²) in [6.07, 6.45) is 1.41. The highest BCUT2D eigenvalue weighted by Gasteiger charge is 2.55. The van der Waals surface area contributed by atoms with Crippen LogP contribution >= 0.6 is 11.6 Å². The van der Waals surface area contributed by atoms with Crippen LogP contribution in [0, 0.1) is 29.6 Å². The summed E-state index contributed by atoms with van der Waals surface area (Å²) in [6, 6.07) is 0. The molecule has 4 unspecified atom stereocenters. The summed E-state index contributed by atoms with van der Waals surface area (Å²) in [5.74, 6) is 9.77. The quantitative estimate of drug-likeness (QED) is 0.472. The monoisotopic (exact) mass is 366 g/mol.